The van der Waals surface area contributed by atoms with Crippen molar-refractivity contribution in [1.82, 2.24) is 5.43 Å². The molecule has 0 radical (unpaired) electrons. The number of nitrogens with one attached hydrogen (secondary N) is 1. The van der Waals surface area contributed by atoms with Crippen molar-refractivity contribution in [3.8, 4) is 17.2 Å². The maximum absolute atomic E-state index is 11.9. The Morgan fingerprint density at radius 2 is 1.82 bits per heavy atom. The van der Waals surface area contributed by atoms with Crippen LogP contribution in [-0.2, 0) is 11.2 Å². The summed E-state index contributed by atoms with van der Waals surface area (Å²) < 4.78 is 16.4. The molecule has 0 spiro atoms. The Kier molecular flexibility index (Phi) is 8.85. The van der Waals surface area contributed by atoms with Crippen LogP contribution in [0.3, 0.4) is 0 Å². The predicted molar refractivity (Wildman–Crippen MR) is 110 cm³/mol. The van der Waals surface area contributed by atoms with E-state index in [1.807, 2.05) is 43.3 Å². The van der Waals surface area contributed by atoms with E-state index in [0.29, 0.717) is 23.9 Å². The quantitative estimate of drug-likeness (QED) is 0.470. The van der Waals surface area contributed by atoms with Crippen molar-refractivity contribution in [3.05, 3.63) is 53.6 Å². The van der Waals surface area contributed by atoms with Crippen molar-refractivity contribution in [2.24, 2.45) is 5.10 Å². The number of nitrogens with zero attached hydrogens (tertiary/aromatic N) is 1. The Labute approximate surface area is 166 Å². The lowest BCUT2D eigenvalue weighted by molar-refractivity contribution is -0.123. The molecule has 0 fully saturated rings. The highest BCUT2D eigenvalue weighted by atomic mass is 16.5. The summed E-state index contributed by atoms with van der Waals surface area (Å²) in [5.74, 6) is 1.64. The van der Waals surface area contributed by atoms with Gasteiger partial charge in [0.05, 0.1) is 19.9 Å². The molecule has 6 nitrogen and oxygen atoms in total. The van der Waals surface area contributed by atoms with Crippen molar-refractivity contribution in [2.75, 3.05) is 20.3 Å². The first-order valence-corrected chi connectivity index (χ1v) is 9.50. The molecule has 0 heterocycles. The summed E-state index contributed by atoms with van der Waals surface area (Å²) in [5.41, 5.74) is 4.49. The summed E-state index contributed by atoms with van der Waals surface area (Å²) in [7, 11) is 1.59. The number of amides is 1. The minimum atomic E-state index is -0.330. The van der Waals surface area contributed by atoms with Crippen LogP contribution in [0.15, 0.2) is 47.6 Å². The fourth-order valence-electron chi connectivity index (χ4n) is 2.50. The molecule has 1 N–H and O–H groups in total. The first kappa shape index (κ1) is 21.3. The lowest BCUT2D eigenvalue weighted by Crippen LogP contribution is -2.24. The molecule has 0 unspecified atom stereocenters. The van der Waals surface area contributed by atoms with Gasteiger partial charge in [-0.3, -0.25) is 4.79 Å². The molecular formula is C22H28N2O4. The van der Waals surface area contributed by atoms with E-state index in [-0.39, 0.29) is 12.5 Å². The van der Waals surface area contributed by atoms with Gasteiger partial charge in [-0.2, -0.15) is 5.10 Å². The molecule has 2 aromatic rings. The van der Waals surface area contributed by atoms with Crippen LogP contribution in [0, 0.1) is 0 Å². The summed E-state index contributed by atoms with van der Waals surface area (Å²) in [4.78, 5) is 11.9. The highest BCUT2D eigenvalue weighted by Gasteiger charge is 2.05. The van der Waals surface area contributed by atoms with Gasteiger partial charge in [-0.25, -0.2) is 5.43 Å². The van der Waals surface area contributed by atoms with Gasteiger partial charge in [0.1, 0.15) is 5.75 Å². The molecule has 0 bridgehead atoms. The van der Waals surface area contributed by atoms with E-state index in [1.54, 1.807) is 19.4 Å². The fraction of sp³-hybridized carbons (Fsp3) is 0.364. The van der Waals surface area contributed by atoms with Gasteiger partial charge in [-0.05, 0) is 54.3 Å². The molecule has 0 saturated carbocycles. The van der Waals surface area contributed by atoms with E-state index in [0.717, 1.165) is 24.8 Å². The number of benzene rings is 2. The Morgan fingerprint density at radius 3 is 2.50 bits per heavy atom. The number of carbonyl (C=O) groups excluding carboxylic acids is 1. The molecule has 0 aliphatic carbocycles. The molecule has 1 amide bonds. The summed E-state index contributed by atoms with van der Waals surface area (Å²) in [5, 5.41) is 3.96. The Hall–Kier alpha value is -3.02. The topological polar surface area (TPSA) is 69.2 Å². The number of carbonyl (C=O) groups is 1. The third-order valence-electron chi connectivity index (χ3n) is 3.88. The standard InChI is InChI=1S/C22H28N2O4/c1-4-6-17-7-10-19(11-8-17)28-16-22(25)24-23-15-18-9-12-20(27-13-5-2)21(14-18)26-3/h7-12,14-15H,4-6,13,16H2,1-3H3,(H,24,25)/b23-15+. The van der Waals surface area contributed by atoms with Gasteiger partial charge in [-0.15, -0.1) is 0 Å². The average molecular weight is 384 g/mol. The van der Waals surface area contributed by atoms with E-state index in [9.17, 15) is 4.79 Å². The number of hydrazone groups is 1. The molecule has 0 atom stereocenters. The molecule has 6 heteroatoms. The van der Waals surface area contributed by atoms with Crippen LogP contribution in [0.1, 0.15) is 37.8 Å². The van der Waals surface area contributed by atoms with Crippen LogP contribution in [0.5, 0.6) is 17.2 Å². The molecule has 0 aliphatic rings. The second-order valence-corrected chi connectivity index (χ2v) is 6.23. The summed E-state index contributed by atoms with van der Waals surface area (Å²) in [6, 6.07) is 13.2. The first-order valence-electron chi connectivity index (χ1n) is 9.50. The van der Waals surface area contributed by atoms with Gasteiger partial charge < -0.3 is 14.2 Å². The van der Waals surface area contributed by atoms with Crippen LogP contribution in [0.2, 0.25) is 0 Å². The maximum Gasteiger partial charge on any atom is 0.277 e. The fourth-order valence-corrected chi connectivity index (χ4v) is 2.50. The molecule has 28 heavy (non-hydrogen) atoms. The molecule has 2 aromatic carbocycles. The van der Waals surface area contributed by atoms with Crippen molar-refractivity contribution < 1.29 is 19.0 Å². The zero-order valence-corrected chi connectivity index (χ0v) is 16.7. The van der Waals surface area contributed by atoms with Crippen molar-refractivity contribution in [1.29, 1.82) is 0 Å². The smallest absolute Gasteiger partial charge is 0.277 e. The summed E-state index contributed by atoms with van der Waals surface area (Å²) >= 11 is 0. The summed E-state index contributed by atoms with van der Waals surface area (Å²) in [6.45, 7) is 4.71. The van der Waals surface area contributed by atoms with Crippen LogP contribution < -0.4 is 19.6 Å². The molecule has 150 valence electrons. The van der Waals surface area contributed by atoms with E-state index in [1.165, 1.54) is 5.56 Å². The molecule has 2 rings (SSSR count). The number of ether oxygens (including phenoxy) is 3. The van der Waals surface area contributed by atoms with Gasteiger partial charge in [-0.1, -0.05) is 32.4 Å². The van der Waals surface area contributed by atoms with Crippen molar-refractivity contribution in [3.63, 3.8) is 0 Å². The lowest BCUT2D eigenvalue weighted by atomic mass is 10.1. The van der Waals surface area contributed by atoms with Gasteiger partial charge in [0.15, 0.2) is 18.1 Å². The molecule has 0 aliphatic heterocycles. The highest BCUT2D eigenvalue weighted by Crippen LogP contribution is 2.27. The largest absolute Gasteiger partial charge is 0.493 e. The average Bonchev–Trinajstić information content (AvgIpc) is 2.72. The number of rotatable bonds is 11. The predicted octanol–water partition coefficient (Wildman–Crippen LogP) is 3.97. The number of methoxy groups -OCH3 is 1. The zero-order valence-electron chi connectivity index (χ0n) is 16.7. The number of hydrogen-bond donors (Lipinski definition) is 1. The normalized spacial score (nSPS) is 10.7. The molecular weight excluding hydrogens is 356 g/mol. The van der Waals surface area contributed by atoms with E-state index in [4.69, 9.17) is 14.2 Å². The number of hydrogen-bond acceptors (Lipinski definition) is 5. The minimum absolute atomic E-state index is 0.0996. The zero-order chi connectivity index (χ0) is 20.2. The monoisotopic (exact) mass is 384 g/mol. The second kappa shape index (κ2) is 11.6. The van der Waals surface area contributed by atoms with E-state index >= 15 is 0 Å². The van der Waals surface area contributed by atoms with Crippen LogP contribution in [-0.4, -0.2) is 32.4 Å². The van der Waals surface area contributed by atoms with Crippen molar-refractivity contribution in [2.45, 2.75) is 33.1 Å². The number of aryl methyl sites for hydroxylation is 1. The lowest BCUT2D eigenvalue weighted by Gasteiger charge is -2.10. The van der Waals surface area contributed by atoms with Crippen LogP contribution >= 0.6 is 0 Å². The van der Waals surface area contributed by atoms with Gasteiger partial charge in [0.25, 0.3) is 5.91 Å². The van der Waals surface area contributed by atoms with Gasteiger partial charge in [0.2, 0.25) is 0 Å². The third kappa shape index (κ3) is 6.95. The maximum atomic E-state index is 11.9. The Balaban J connectivity index is 1.82. The first-order chi connectivity index (χ1) is 13.7. The molecule has 0 saturated heterocycles. The summed E-state index contributed by atoms with van der Waals surface area (Å²) in [6.07, 6.45) is 4.60. The van der Waals surface area contributed by atoms with E-state index in [2.05, 4.69) is 17.5 Å². The van der Waals surface area contributed by atoms with Crippen LogP contribution in [0.25, 0.3) is 0 Å². The van der Waals surface area contributed by atoms with Crippen LogP contribution in [0.4, 0.5) is 0 Å². The Morgan fingerprint density at radius 1 is 1.04 bits per heavy atom. The second-order valence-electron chi connectivity index (χ2n) is 6.23. The van der Waals surface area contributed by atoms with E-state index < -0.39 is 0 Å². The van der Waals surface area contributed by atoms with Crippen molar-refractivity contribution >= 4 is 12.1 Å². The SMILES string of the molecule is CCCOc1ccc(/C=N/NC(=O)COc2ccc(CCC)cc2)cc1OC. The minimum Gasteiger partial charge on any atom is -0.493 e. The van der Waals surface area contributed by atoms with Gasteiger partial charge >= 0.3 is 0 Å². The highest BCUT2D eigenvalue weighted by molar-refractivity contribution is 5.83. The Bertz CT molecular complexity index is 773. The third-order valence-corrected chi connectivity index (χ3v) is 3.88. The van der Waals surface area contributed by atoms with Gasteiger partial charge in [0, 0.05) is 0 Å². The molecule has 0 aromatic heterocycles.